The van der Waals surface area contributed by atoms with E-state index in [1.54, 1.807) is 7.11 Å². The Morgan fingerprint density at radius 3 is 2.94 bits per heavy atom. The summed E-state index contributed by atoms with van der Waals surface area (Å²) >= 11 is 0. The van der Waals surface area contributed by atoms with E-state index in [1.165, 1.54) is 0 Å². The average Bonchev–Trinajstić information content (AvgIpc) is 2.38. The molecule has 0 aliphatic heterocycles. The number of hydrogen-bond acceptors (Lipinski definition) is 4. The van der Waals surface area contributed by atoms with Gasteiger partial charge in [0.2, 0.25) is 0 Å². The Morgan fingerprint density at radius 1 is 1.41 bits per heavy atom. The quantitative estimate of drug-likeness (QED) is 0.672. The molecule has 0 saturated heterocycles. The van der Waals surface area contributed by atoms with Crippen LogP contribution < -0.4 is 10.1 Å². The van der Waals surface area contributed by atoms with Crippen molar-refractivity contribution < 1.29 is 14.6 Å². The van der Waals surface area contributed by atoms with Crippen LogP contribution >= 0.6 is 0 Å². The van der Waals surface area contributed by atoms with E-state index in [4.69, 9.17) is 9.47 Å². The van der Waals surface area contributed by atoms with Gasteiger partial charge in [-0.3, -0.25) is 0 Å². The number of aliphatic hydroxyl groups excluding tert-OH is 1. The summed E-state index contributed by atoms with van der Waals surface area (Å²) in [4.78, 5) is 0. The third-order valence-electron chi connectivity index (χ3n) is 2.44. The Bertz CT molecular complexity index is 317. The van der Waals surface area contributed by atoms with E-state index in [0.29, 0.717) is 13.2 Å². The second kappa shape index (κ2) is 8.06. The molecule has 0 heterocycles. The zero-order chi connectivity index (χ0) is 12.5. The molecule has 4 heteroatoms. The Morgan fingerprint density at radius 2 is 2.24 bits per heavy atom. The highest BCUT2D eigenvalue weighted by Crippen LogP contribution is 2.18. The highest BCUT2D eigenvalue weighted by atomic mass is 16.5. The first-order valence-electron chi connectivity index (χ1n) is 5.88. The number of benzene rings is 1. The maximum Gasteiger partial charge on any atom is 0.119 e. The molecular weight excluding hydrogens is 218 g/mol. The van der Waals surface area contributed by atoms with E-state index in [9.17, 15) is 5.11 Å². The molecule has 0 saturated carbocycles. The summed E-state index contributed by atoms with van der Waals surface area (Å²) in [5.41, 5.74) is 0.855. The van der Waals surface area contributed by atoms with Gasteiger partial charge in [0.15, 0.2) is 0 Å². The number of ether oxygens (including phenoxy) is 2. The maximum atomic E-state index is 9.94. The smallest absolute Gasteiger partial charge is 0.119 e. The van der Waals surface area contributed by atoms with Crippen LogP contribution in [0.4, 0.5) is 0 Å². The van der Waals surface area contributed by atoms with Crippen LogP contribution in [0.1, 0.15) is 18.6 Å². The Kier molecular flexibility index (Phi) is 6.62. The van der Waals surface area contributed by atoms with Crippen molar-refractivity contribution in [1.82, 2.24) is 5.32 Å². The molecule has 1 rings (SSSR count). The lowest BCUT2D eigenvalue weighted by molar-refractivity contribution is 0.138. The van der Waals surface area contributed by atoms with E-state index in [2.05, 4.69) is 5.32 Å². The Hall–Kier alpha value is -1.10. The molecule has 0 radical (unpaired) electrons. The molecule has 0 amide bonds. The molecule has 1 atom stereocenters. The van der Waals surface area contributed by atoms with Crippen molar-refractivity contribution in [3.8, 4) is 5.75 Å². The molecule has 1 aromatic rings. The summed E-state index contributed by atoms with van der Waals surface area (Å²) in [6, 6.07) is 7.46. The molecule has 1 unspecified atom stereocenters. The maximum absolute atomic E-state index is 9.94. The van der Waals surface area contributed by atoms with Crippen molar-refractivity contribution in [2.45, 2.75) is 13.0 Å². The van der Waals surface area contributed by atoms with E-state index in [-0.39, 0.29) is 0 Å². The summed E-state index contributed by atoms with van der Waals surface area (Å²) in [7, 11) is 1.62. The first-order chi connectivity index (χ1) is 8.27. The second-order valence-electron chi connectivity index (χ2n) is 3.69. The van der Waals surface area contributed by atoms with Crippen LogP contribution in [0.5, 0.6) is 5.75 Å². The van der Waals surface area contributed by atoms with Gasteiger partial charge in [0.25, 0.3) is 0 Å². The normalized spacial score (nSPS) is 12.4. The molecule has 0 aliphatic carbocycles. The first kappa shape index (κ1) is 14.0. The van der Waals surface area contributed by atoms with Gasteiger partial charge < -0.3 is 19.9 Å². The third kappa shape index (κ3) is 5.17. The minimum atomic E-state index is -0.522. The van der Waals surface area contributed by atoms with E-state index in [1.807, 2.05) is 31.2 Å². The summed E-state index contributed by atoms with van der Waals surface area (Å²) < 4.78 is 10.3. The standard InChI is InChI=1S/C13H21NO3/c1-3-17-8-7-14-10-13(15)11-5-4-6-12(9-11)16-2/h4-6,9,13-15H,3,7-8,10H2,1-2H3. The monoisotopic (exact) mass is 239 g/mol. The van der Waals surface area contributed by atoms with E-state index >= 15 is 0 Å². The number of rotatable bonds is 8. The molecule has 2 N–H and O–H groups in total. The molecule has 96 valence electrons. The van der Waals surface area contributed by atoms with Gasteiger partial charge in [-0.05, 0) is 24.6 Å². The molecule has 17 heavy (non-hydrogen) atoms. The van der Waals surface area contributed by atoms with Crippen LogP contribution in [0.2, 0.25) is 0 Å². The molecule has 0 bridgehead atoms. The van der Waals surface area contributed by atoms with Crippen molar-refractivity contribution in [3.05, 3.63) is 29.8 Å². The summed E-state index contributed by atoms with van der Waals surface area (Å²) in [6.45, 7) is 4.61. The van der Waals surface area contributed by atoms with Crippen molar-refractivity contribution in [1.29, 1.82) is 0 Å². The lowest BCUT2D eigenvalue weighted by Gasteiger charge is -2.13. The lowest BCUT2D eigenvalue weighted by Crippen LogP contribution is -2.25. The summed E-state index contributed by atoms with van der Waals surface area (Å²) in [5.74, 6) is 0.760. The van der Waals surface area contributed by atoms with Gasteiger partial charge in [-0.1, -0.05) is 12.1 Å². The van der Waals surface area contributed by atoms with Gasteiger partial charge in [0, 0.05) is 19.7 Å². The van der Waals surface area contributed by atoms with Gasteiger partial charge in [0.1, 0.15) is 5.75 Å². The van der Waals surface area contributed by atoms with Crippen LogP contribution in [0.25, 0.3) is 0 Å². The molecule has 1 aromatic carbocycles. The molecule has 4 nitrogen and oxygen atoms in total. The zero-order valence-electron chi connectivity index (χ0n) is 10.5. The summed E-state index contributed by atoms with van der Waals surface area (Å²) in [6.07, 6.45) is -0.522. The number of methoxy groups -OCH3 is 1. The van der Waals surface area contributed by atoms with E-state index in [0.717, 1.165) is 24.5 Å². The molecule has 0 fully saturated rings. The second-order valence-corrected chi connectivity index (χ2v) is 3.69. The predicted molar refractivity (Wildman–Crippen MR) is 67.3 cm³/mol. The topological polar surface area (TPSA) is 50.7 Å². The van der Waals surface area contributed by atoms with Crippen molar-refractivity contribution in [2.24, 2.45) is 0 Å². The van der Waals surface area contributed by atoms with Crippen molar-refractivity contribution in [2.75, 3.05) is 33.4 Å². The van der Waals surface area contributed by atoms with Gasteiger partial charge in [-0.15, -0.1) is 0 Å². The fraction of sp³-hybridized carbons (Fsp3) is 0.538. The number of aliphatic hydroxyl groups is 1. The fourth-order valence-corrected chi connectivity index (χ4v) is 1.49. The van der Waals surface area contributed by atoms with Crippen LogP contribution in [0.3, 0.4) is 0 Å². The van der Waals surface area contributed by atoms with Gasteiger partial charge in [-0.2, -0.15) is 0 Å². The molecule has 0 aliphatic rings. The summed E-state index contributed by atoms with van der Waals surface area (Å²) in [5, 5.41) is 13.1. The fourth-order valence-electron chi connectivity index (χ4n) is 1.49. The molecule has 0 aromatic heterocycles. The zero-order valence-corrected chi connectivity index (χ0v) is 10.5. The number of hydrogen-bond donors (Lipinski definition) is 2. The van der Waals surface area contributed by atoms with E-state index < -0.39 is 6.10 Å². The predicted octanol–water partition coefficient (Wildman–Crippen LogP) is 1.35. The van der Waals surface area contributed by atoms with Gasteiger partial charge in [-0.25, -0.2) is 0 Å². The van der Waals surface area contributed by atoms with Crippen molar-refractivity contribution >= 4 is 0 Å². The van der Waals surface area contributed by atoms with Gasteiger partial charge in [0.05, 0.1) is 19.8 Å². The first-order valence-corrected chi connectivity index (χ1v) is 5.88. The van der Waals surface area contributed by atoms with Crippen molar-refractivity contribution in [3.63, 3.8) is 0 Å². The van der Waals surface area contributed by atoms with Crippen LogP contribution in [0.15, 0.2) is 24.3 Å². The lowest BCUT2D eigenvalue weighted by atomic mass is 10.1. The highest BCUT2D eigenvalue weighted by molar-refractivity contribution is 5.29. The minimum Gasteiger partial charge on any atom is -0.497 e. The largest absolute Gasteiger partial charge is 0.497 e. The highest BCUT2D eigenvalue weighted by Gasteiger charge is 2.07. The van der Waals surface area contributed by atoms with Crippen LogP contribution in [-0.4, -0.2) is 38.5 Å². The Balaban J connectivity index is 2.33. The Labute approximate surface area is 103 Å². The third-order valence-corrected chi connectivity index (χ3v) is 2.44. The van der Waals surface area contributed by atoms with Crippen LogP contribution in [0, 0.1) is 0 Å². The number of nitrogens with one attached hydrogen (secondary N) is 1. The average molecular weight is 239 g/mol. The minimum absolute atomic E-state index is 0.514. The van der Waals surface area contributed by atoms with Gasteiger partial charge >= 0.3 is 0 Å². The SMILES string of the molecule is CCOCCNCC(O)c1cccc(OC)c1. The molecular formula is C13H21NO3. The van der Waals surface area contributed by atoms with Crippen LogP contribution in [-0.2, 0) is 4.74 Å². The molecule has 0 spiro atoms.